The molecule has 66 valence electrons. The molecule has 2 aromatic rings. The van der Waals surface area contributed by atoms with Gasteiger partial charge in [0.1, 0.15) is 5.76 Å². The molecule has 0 amide bonds. The van der Waals surface area contributed by atoms with Crippen LogP contribution in [-0.2, 0) is 5.33 Å². The lowest BCUT2D eigenvalue weighted by atomic mass is 10.1. The van der Waals surface area contributed by atoms with Crippen molar-refractivity contribution in [2.75, 3.05) is 0 Å². The number of hydrogen-bond donors (Lipinski definition) is 0. The molecule has 0 atom stereocenters. The minimum atomic E-state index is 0.851. The van der Waals surface area contributed by atoms with Gasteiger partial charge in [0.25, 0.3) is 0 Å². The van der Waals surface area contributed by atoms with Gasteiger partial charge in [0.15, 0.2) is 0 Å². The van der Waals surface area contributed by atoms with Crippen molar-refractivity contribution in [1.82, 2.24) is 0 Å². The molecule has 0 aliphatic rings. The summed E-state index contributed by atoms with van der Waals surface area (Å²) in [6, 6.07) is 12.1. The van der Waals surface area contributed by atoms with Crippen molar-refractivity contribution in [1.29, 1.82) is 0 Å². The lowest BCUT2D eigenvalue weighted by Gasteiger charge is -2.02. The average Bonchev–Trinajstić information content (AvgIpc) is 2.70. The van der Waals surface area contributed by atoms with E-state index in [1.807, 2.05) is 24.3 Å². The lowest BCUT2D eigenvalue weighted by molar-refractivity contribution is 0.582. The fourth-order valence-electron chi connectivity index (χ4n) is 1.31. The normalized spacial score (nSPS) is 10.2. The molecule has 0 aliphatic heterocycles. The SMILES string of the molecule is BrCc1ccccc1-c1ccco1. The summed E-state index contributed by atoms with van der Waals surface area (Å²) >= 11 is 3.45. The highest BCUT2D eigenvalue weighted by atomic mass is 79.9. The predicted molar refractivity (Wildman–Crippen MR) is 56.8 cm³/mol. The first kappa shape index (κ1) is 8.57. The van der Waals surface area contributed by atoms with Crippen molar-refractivity contribution < 1.29 is 4.42 Å². The molecule has 2 heteroatoms. The van der Waals surface area contributed by atoms with Crippen LogP contribution in [0, 0.1) is 0 Å². The Bertz CT molecular complexity index is 379. The Balaban J connectivity index is 2.51. The Hall–Kier alpha value is -1.02. The predicted octanol–water partition coefficient (Wildman–Crippen LogP) is 3.84. The van der Waals surface area contributed by atoms with E-state index in [-0.39, 0.29) is 0 Å². The summed E-state index contributed by atoms with van der Waals surface area (Å²) in [4.78, 5) is 0. The van der Waals surface area contributed by atoms with Crippen LogP contribution < -0.4 is 0 Å². The van der Waals surface area contributed by atoms with Gasteiger partial charge in [0.05, 0.1) is 6.26 Å². The topological polar surface area (TPSA) is 13.1 Å². The first-order valence-corrected chi connectivity index (χ1v) is 5.21. The first-order chi connectivity index (χ1) is 6.42. The van der Waals surface area contributed by atoms with Crippen molar-refractivity contribution in [3.05, 3.63) is 48.2 Å². The molecule has 0 saturated carbocycles. The van der Waals surface area contributed by atoms with Crippen LogP contribution in [0.5, 0.6) is 0 Å². The van der Waals surface area contributed by atoms with Gasteiger partial charge in [0.2, 0.25) is 0 Å². The van der Waals surface area contributed by atoms with E-state index in [9.17, 15) is 0 Å². The summed E-state index contributed by atoms with van der Waals surface area (Å²) in [7, 11) is 0. The van der Waals surface area contributed by atoms with Gasteiger partial charge in [-0.1, -0.05) is 40.2 Å². The van der Waals surface area contributed by atoms with E-state index < -0.39 is 0 Å². The smallest absolute Gasteiger partial charge is 0.134 e. The minimum absolute atomic E-state index is 0.851. The van der Waals surface area contributed by atoms with Crippen LogP contribution in [0.1, 0.15) is 5.56 Å². The molecule has 0 bridgehead atoms. The molecule has 13 heavy (non-hydrogen) atoms. The number of rotatable bonds is 2. The summed E-state index contributed by atoms with van der Waals surface area (Å²) in [5.41, 5.74) is 2.40. The lowest BCUT2D eigenvalue weighted by Crippen LogP contribution is -1.82. The van der Waals surface area contributed by atoms with E-state index in [2.05, 4.69) is 28.1 Å². The monoisotopic (exact) mass is 236 g/mol. The summed E-state index contributed by atoms with van der Waals surface area (Å²) in [5.74, 6) is 0.926. The van der Waals surface area contributed by atoms with Crippen LogP contribution >= 0.6 is 15.9 Å². The van der Waals surface area contributed by atoms with Gasteiger partial charge in [-0.05, 0) is 17.7 Å². The highest BCUT2D eigenvalue weighted by Crippen LogP contribution is 2.25. The molecule has 0 unspecified atom stereocenters. The number of benzene rings is 1. The van der Waals surface area contributed by atoms with Crippen LogP contribution in [0.2, 0.25) is 0 Å². The Labute approximate surface area is 85.5 Å². The van der Waals surface area contributed by atoms with E-state index in [4.69, 9.17) is 4.42 Å². The summed E-state index contributed by atoms with van der Waals surface area (Å²) in [6.07, 6.45) is 1.69. The van der Waals surface area contributed by atoms with Gasteiger partial charge in [-0.2, -0.15) is 0 Å². The highest BCUT2D eigenvalue weighted by Gasteiger charge is 2.04. The highest BCUT2D eigenvalue weighted by molar-refractivity contribution is 9.08. The molecule has 2 rings (SSSR count). The van der Waals surface area contributed by atoms with Gasteiger partial charge in [0, 0.05) is 10.9 Å². The van der Waals surface area contributed by atoms with Crippen LogP contribution in [0.25, 0.3) is 11.3 Å². The van der Waals surface area contributed by atoms with Gasteiger partial charge in [-0.25, -0.2) is 0 Å². The second-order valence-corrected chi connectivity index (χ2v) is 3.33. The third-order valence-corrected chi connectivity index (χ3v) is 2.55. The van der Waals surface area contributed by atoms with Gasteiger partial charge in [-0.3, -0.25) is 0 Å². The van der Waals surface area contributed by atoms with E-state index >= 15 is 0 Å². The van der Waals surface area contributed by atoms with Crippen LogP contribution in [-0.4, -0.2) is 0 Å². The molecule has 0 spiro atoms. The fourth-order valence-corrected chi connectivity index (χ4v) is 1.80. The Morgan fingerprint density at radius 1 is 1.08 bits per heavy atom. The fraction of sp³-hybridized carbons (Fsp3) is 0.0909. The zero-order valence-corrected chi connectivity index (χ0v) is 8.62. The summed E-state index contributed by atoms with van der Waals surface area (Å²) in [5, 5.41) is 0.851. The molecule has 0 fully saturated rings. The second kappa shape index (κ2) is 3.79. The minimum Gasteiger partial charge on any atom is -0.464 e. The third-order valence-electron chi connectivity index (χ3n) is 1.95. The summed E-state index contributed by atoms with van der Waals surface area (Å²) < 4.78 is 5.34. The maximum atomic E-state index is 5.34. The van der Waals surface area contributed by atoms with Gasteiger partial charge in [-0.15, -0.1) is 0 Å². The molecule has 1 aromatic carbocycles. The van der Waals surface area contributed by atoms with Crippen molar-refractivity contribution in [2.45, 2.75) is 5.33 Å². The van der Waals surface area contributed by atoms with Crippen molar-refractivity contribution >= 4 is 15.9 Å². The van der Waals surface area contributed by atoms with Crippen LogP contribution in [0.15, 0.2) is 47.1 Å². The van der Waals surface area contributed by atoms with Crippen LogP contribution in [0.3, 0.4) is 0 Å². The van der Waals surface area contributed by atoms with Crippen molar-refractivity contribution in [2.24, 2.45) is 0 Å². The number of furan rings is 1. The second-order valence-electron chi connectivity index (χ2n) is 2.77. The Morgan fingerprint density at radius 2 is 1.92 bits per heavy atom. The quantitative estimate of drug-likeness (QED) is 0.723. The van der Waals surface area contributed by atoms with E-state index in [1.54, 1.807) is 6.26 Å². The number of hydrogen-bond acceptors (Lipinski definition) is 1. The third kappa shape index (κ3) is 1.68. The Morgan fingerprint density at radius 3 is 2.62 bits per heavy atom. The molecular weight excluding hydrogens is 228 g/mol. The molecule has 0 radical (unpaired) electrons. The van der Waals surface area contributed by atoms with Gasteiger partial charge < -0.3 is 4.42 Å². The van der Waals surface area contributed by atoms with Crippen molar-refractivity contribution in [3.63, 3.8) is 0 Å². The average molecular weight is 237 g/mol. The molecule has 0 saturated heterocycles. The molecule has 0 aliphatic carbocycles. The van der Waals surface area contributed by atoms with E-state index in [1.165, 1.54) is 5.56 Å². The summed E-state index contributed by atoms with van der Waals surface area (Å²) in [6.45, 7) is 0. The standard InChI is InChI=1S/C11H9BrO/c12-8-9-4-1-2-5-10(9)11-6-3-7-13-11/h1-7H,8H2. The maximum Gasteiger partial charge on any atom is 0.134 e. The number of alkyl halides is 1. The molecule has 1 nitrogen and oxygen atoms in total. The molecule has 1 heterocycles. The maximum absolute atomic E-state index is 5.34. The van der Waals surface area contributed by atoms with Crippen LogP contribution in [0.4, 0.5) is 0 Å². The zero-order chi connectivity index (χ0) is 9.10. The molecule has 0 N–H and O–H groups in total. The zero-order valence-electron chi connectivity index (χ0n) is 7.03. The largest absolute Gasteiger partial charge is 0.464 e. The first-order valence-electron chi connectivity index (χ1n) is 4.09. The number of halogens is 1. The molecule has 1 aromatic heterocycles. The van der Waals surface area contributed by atoms with Crippen molar-refractivity contribution in [3.8, 4) is 11.3 Å². The Kier molecular flexibility index (Phi) is 2.50. The molecular formula is C11H9BrO. The van der Waals surface area contributed by atoms with Gasteiger partial charge >= 0.3 is 0 Å². The van der Waals surface area contributed by atoms with E-state index in [0.29, 0.717) is 0 Å². The van der Waals surface area contributed by atoms with E-state index in [0.717, 1.165) is 16.7 Å².